The molecule has 2 aromatic rings. The molecular weight excluding hydrogens is 342 g/mol. The maximum atomic E-state index is 12.4. The lowest BCUT2D eigenvalue weighted by atomic mass is 9.96. The van der Waals surface area contributed by atoms with Crippen LogP contribution in [-0.2, 0) is 16.6 Å². The first-order chi connectivity index (χ1) is 13.1. The Labute approximate surface area is 160 Å². The molecule has 3 rings (SSSR count). The van der Waals surface area contributed by atoms with Gasteiger partial charge in [-0.3, -0.25) is 19.6 Å². The number of carbonyl (C=O) groups excluding carboxylic acids is 2. The molecule has 1 aromatic heterocycles. The van der Waals surface area contributed by atoms with E-state index in [-0.39, 0.29) is 5.91 Å². The quantitative estimate of drug-likeness (QED) is 0.727. The molecule has 0 aliphatic carbocycles. The van der Waals surface area contributed by atoms with E-state index in [2.05, 4.69) is 38.8 Å². The molecule has 2 amide bonds. The lowest BCUT2D eigenvalue weighted by Crippen LogP contribution is -2.41. The predicted octanol–water partition coefficient (Wildman–Crippen LogP) is 1.92. The Morgan fingerprint density at radius 3 is 2.74 bits per heavy atom. The van der Waals surface area contributed by atoms with Gasteiger partial charge in [0, 0.05) is 37.3 Å². The minimum absolute atomic E-state index is 0.287. The number of nitrogens with zero attached hydrogens (tertiary/aromatic N) is 3. The van der Waals surface area contributed by atoms with Crippen molar-refractivity contribution in [1.82, 2.24) is 20.4 Å². The van der Waals surface area contributed by atoms with Crippen LogP contribution in [0.4, 0.5) is 5.69 Å². The molecule has 2 N–H and O–H groups in total. The number of fused-ring (bicyclic) bond motifs is 1. The first-order valence-electron chi connectivity index (χ1n) is 9.71. The first kappa shape index (κ1) is 19.4. The van der Waals surface area contributed by atoms with Gasteiger partial charge in [0.1, 0.15) is 0 Å². The molecule has 7 heteroatoms. The molecule has 1 aliphatic rings. The molecule has 1 fully saturated rings. The van der Waals surface area contributed by atoms with Crippen LogP contribution in [0.5, 0.6) is 0 Å². The normalized spacial score (nSPS) is 16.5. The number of nitrogens with one attached hydrogen (secondary N) is 2. The smallest absolute Gasteiger partial charge is 0.235 e. The molecule has 2 heterocycles. The maximum Gasteiger partial charge on any atom is 0.235 e. The number of aryl methyl sites for hydroxylation is 1. The van der Waals surface area contributed by atoms with Crippen LogP contribution in [-0.4, -0.2) is 48.3 Å². The summed E-state index contributed by atoms with van der Waals surface area (Å²) in [6.45, 7) is 4.09. The van der Waals surface area contributed by atoms with Gasteiger partial charge in [0.2, 0.25) is 12.3 Å². The minimum Gasteiger partial charge on any atom is -0.371 e. The first-order valence-corrected chi connectivity index (χ1v) is 9.71. The monoisotopic (exact) mass is 371 g/mol. The van der Waals surface area contributed by atoms with Crippen molar-refractivity contribution in [2.75, 3.05) is 25.0 Å². The fourth-order valence-corrected chi connectivity index (χ4v) is 3.99. The van der Waals surface area contributed by atoms with Crippen LogP contribution in [0.3, 0.4) is 0 Å². The fourth-order valence-electron chi connectivity index (χ4n) is 3.99. The highest BCUT2D eigenvalue weighted by Gasteiger charge is 2.26. The number of aromatic nitrogens is 2. The van der Waals surface area contributed by atoms with Crippen molar-refractivity contribution >= 4 is 28.9 Å². The lowest BCUT2D eigenvalue weighted by molar-refractivity contribution is -0.126. The summed E-state index contributed by atoms with van der Waals surface area (Å²) < 4.78 is 1.84. The molecule has 0 spiro atoms. The van der Waals surface area contributed by atoms with Crippen LogP contribution in [0.25, 0.3) is 10.9 Å². The van der Waals surface area contributed by atoms with Gasteiger partial charge in [-0.1, -0.05) is 13.3 Å². The number of piperidine rings is 1. The largest absolute Gasteiger partial charge is 0.371 e. The van der Waals surface area contributed by atoms with Crippen molar-refractivity contribution in [2.45, 2.75) is 44.6 Å². The van der Waals surface area contributed by atoms with Gasteiger partial charge in [0.25, 0.3) is 0 Å². The maximum absolute atomic E-state index is 12.4. The van der Waals surface area contributed by atoms with Crippen molar-refractivity contribution in [1.29, 1.82) is 0 Å². The van der Waals surface area contributed by atoms with E-state index < -0.39 is 5.92 Å². The SMILES string of the molecule is CCCC(C(=O)NC=O)c1nn(C)c2cc(N3CCC(NC)CC3)ccc12. The third kappa shape index (κ3) is 3.98. The van der Waals surface area contributed by atoms with Gasteiger partial charge in [-0.15, -0.1) is 0 Å². The Hall–Kier alpha value is -2.41. The molecule has 146 valence electrons. The Kier molecular flexibility index (Phi) is 6.11. The highest BCUT2D eigenvalue weighted by molar-refractivity contribution is 5.95. The van der Waals surface area contributed by atoms with E-state index in [1.54, 1.807) is 0 Å². The van der Waals surface area contributed by atoms with Crippen molar-refractivity contribution in [3.63, 3.8) is 0 Å². The fraction of sp³-hybridized carbons (Fsp3) is 0.550. The summed E-state index contributed by atoms with van der Waals surface area (Å²) in [6.07, 6.45) is 4.22. The second kappa shape index (κ2) is 8.52. The number of hydrogen-bond donors (Lipinski definition) is 2. The predicted molar refractivity (Wildman–Crippen MR) is 107 cm³/mol. The van der Waals surface area contributed by atoms with E-state index in [4.69, 9.17) is 0 Å². The molecule has 1 aliphatic heterocycles. The third-order valence-electron chi connectivity index (χ3n) is 5.56. The van der Waals surface area contributed by atoms with E-state index in [1.165, 1.54) is 5.69 Å². The molecule has 1 saturated heterocycles. The molecule has 0 bridgehead atoms. The lowest BCUT2D eigenvalue weighted by Gasteiger charge is -2.33. The van der Waals surface area contributed by atoms with Crippen molar-refractivity contribution in [2.24, 2.45) is 7.05 Å². The van der Waals surface area contributed by atoms with E-state index in [0.29, 0.717) is 18.9 Å². The highest BCUT2D eigenvalue weighted by atomic mass is 16.2. The number of hydrogen-bond acceptors (Lipinski definition) is 5. The van der Waals surface area contributed by atoms with Crippen LogP contribution in [0, 0.1) is 0 Å². The molecular formula is C20H29N5O2. The van der Waals surface area contributed by atoms with E-state index >= 15 is 0 Å². The van der Waals surface area contributed by atoms with E-state index in [0.717, 1.165) is 48.9 Å². The number of benzene rings is 1. The number of anilines is 1. The van der Waals surface area contributed by atoms with Crippen molar-refractivity contribution in [3.05, 3.63) is 23.9 Å². The van der Waals surface area contributed by atoms with Crippen LogP contribution in [0.2, 0.25) is 0 Å². The Balaban J connectivity index is 1.91. The van der Waals surface area contributed by atoms with Gasteiger partial charge >= 0.3 is 0 Å². The summed E-state index contributed by atoms with van der Waals surface area (Å²) in [4.78, 5) is 25.5. The Morgan fingerprint density at radius 1 is 1.37 bits per heavy atom. The number of amides is 2. The zero-order valence-corrected chi connectivity index (χ0v) is 16.4. The van der Waals surface area contributed by atoms with Gasteiger partial charge in [-0.2, -0.15) is 5.10 Å². The van der Waals surface area contributed by atoms with Gasteiger partial charge in [-0.05, 0) is 44.5 Å². The summed E-state index contributed by atoms with van der Waals surface area (Å²) >= 11 is 0. The number of carbonyl (C=O) groups is 2. The van der Waals surface area contributed by atoms with Gasteiger partial charge < -0.3 is 10.2 Å². The average molecular weight is 371 g/mol. The van der Waals surface area contributed by atoms with Crippen LogP contribution < -0.4 is 15.5 Å². The highest BCUT2D eigenvalue weighted by Crippen LogP contribution is 2.31. The van der Waals surface area contributed by atoms with Crippen LogP contribution in [0.15, 0.2) is 18.2 Å². The van der Waals surface area contributed by atoms with Crippen LogP contribution in [0.1, 0.15) is 44.2 Å². The molecule has 1 aromatic carbocycles. The summed E-state index contributed by atoms with van der Waals surface area (Å²) in [7, 11) is 3.93. The molecule has 0 saturated carbocycles. The molecule has 7 nitrogen and oxygen atoms in total. The summed E-state index contributed by atoms with van der Waals surface area (Å²) in [5.41, 5.74) is 2.95. The molecule has 1 atom stereocenters. The zero-order chi connectivity index (χ0) is 19.4. The summed E-state index contributed by atoms with van der Waals surface area (Å²) in [6, 6.07) is 6.94. The van der Waals surface area contributed by atoms with Crippen molar-refractivity contribution in [3.8, 4) is 0 Å². The standard InChI is InChI=1S/C20H29N5O2/c1-4-5-17(20(27)22-13-26)19-16-7-6-15(12-18(16)24(3)23-19)25-10-8-14(21-2)9-11-25/h6-7,12-14,17,21H,4-5,8-11H2,1-3H3,(H,22,26,27). The van der Waals surface area contributed by atoms with Gasteiger partial charge in [0.05, 0.1) is 17.1 Å². The van der Waals surface area contributed by atoms with Crippen molar-refractivity contribution < 1.29 is 9.59 Å². The zero-order valence-electron chi connectivity index (χ0n) is 16.4. The van der Waals surface area contributed by atoms with E-state index in [9.17, 15) is 9.59 Å². The van der Waals surface area contributed by atoms with Gasteiger partial charge in [0.15, 0.2) is 0 Å². The molecule has 1 unspecified atom stereocenters. The third-order valence-corrected chi connectivity index (χ3v) is 5.56. The van der Waals surface area contributed by atoms with Gasteiger partial charge in [-0.25, -0.2) is 0 Å². The minimum atomic E-state index is -0.416. The average Bonchev–Trinajstić information content (AvgIpc) is 3.02. The molecule has 0 radical (unpaired) electrons. The topological polar surface area (TPSA) is 79.3 Å². The second-order valence-corrected chi connectivity index (χ2v) is 7.23. The summed E-state index contributed by atoms with van der Waals surface area (Å²) in [5.74, 6) is -0.703. The van der Waals surface area contributed by atoms with Crippen LogP contribution >= 0.6 is 0 Å². The molecule has 27 heavy (non-hydrogen) atoms. The summed E-state index contributed by atoms with van der Waals surface area (Å²) in [5, 5.41) is 11.3. The number of imide groups is 1. The Morgan fingerprint density at radius 2 is 2.11 bits per heavy atom. The van der Waals surface area contributed by atoms with E-state index in [1.807, 2.05) is 25.7 Å². The Bertz CT molecular complexity index is 808. The second-order valence-electron chi connectivity index (χ2n) is 7.23. The number of rotatable bonds is 7.